The molecule has 0 amide bonds. The lowest BCUT2D eigenvalue weighted by atomic mass is 10.1. The van der Waals surface area contributed by atoms with E-state index < -0.39 is 0 Å². The van der Waals surface area contributed by atoms with Crippen LogP contribution in [0.5, 0.6) is 5.75 Å². The Bertz CT molecular complexity index is 446. The fraction of sp³-hybridized carbons (Fsp3) is 0.231. The average Bonchev–Trinajstić information content (AvgIpc) is 2.27. The summed E-state index contributed by atoms with van der Waals surface area (Å²) in [5.41, 5.74) is 1.37. The molecule has 0 radical (unpaired) electrons. The molecule has 0 spiro atoms. The van der Waals surface area contributed by atoms with Gasteiger partial charge in [0.2, 0.25) is 0 Å². The monoisotopic (exact) mass is 186 g/mol. The Hall–Kier alpha value is -1.50. The van der Waals surface area contributed by atoms with Crippen molar-refractivity contribution < 1.29 is 4.74 Å². The van der Waals surface area contributed by atoms with Crippen molar-refractivity contribution in [3.8, 4) is 5.75 Å². The quantitative estimate of drug-likeness (QED) is 0.698. The van der Waals surface area contributed by atoms with Gasteiger partial charge in [0.1, 0.15) is 5.75 Å². The van der Waals surface area contributed by atoms with Gasteiger partial charge in [0.05, 0.1) is 7.11 Å². The predicted octanol–water partition coefficient (Wildman–Crippen LogP) is 3.41. The Labute approximate surface area is 84.3 Å². The SMILES string of the molecule is CCc1ccc2c(OC)cccc2c1. The van der Waals surface area contributed by atoms with E-state index in [1.165, 1.54) is 16.3 Å². The smallest absolute Gasteiger partial charge is 0.126 e. The highest BCUT2D eigenvalue weighted by atomic mass is 16.5. The van der Waals surface area contributed by atoms with Crippen LogP contribution in [-0.4, -0.2) is 7.11 Å². The molecule has 2 rings (SSSR count). The van der Waals surface area contributed by atoms with Gasteiger partial charge in [-0.15, -0.1) is 0 Å². The number of hydrogen-bond donors (Lipinski definition) is 0. The summed E-state index contributed by atoms with van der Waals surface area (Å²) in [5, 5.41) is 2.44. The van der Waals surface area contributed by atoms with Crippen molar-refractivity contribution >= 4 is 10.8 Å². The summed E-state index contributed by atoms with van der Waals surface area (Å²) >= 11 is 0. The van der Waals surface area contributed by atoms with Gasteiger partial charge in [-0.3, -0.25) is 0 Å². The molecule has 2 aromatic carbocycles. The van der Waals surface area contributed by atoms with Crippen LogP contribution >= 0.6 is 0 Å². The van der Waals surface area contributed by atoms with Crippen LogP contribution in [0.1, 0.15) is 12.5 Å². The van der Waals surface area contributed by atoms with Crippen LogP contribution in [-0.2, 0) is 6.42 Å². The van der Waals surface area contributed by atoms with Crippen LogP contribution in [0.2, 0.25) is 0 Å². The molecule has 0 fully saturated rings. The van der Waals surface area contributed by atoms with E-state index in [0.29, 0.717) is 0 Å². The minimum absolute atomic E-state index is 0.949. The maximum Gasteiger partial charge on any atom is 0.126 e. The second kappa shape index (κ2) is 3.70. The average molecular weight is 186 g/mol. The summed E-state index contributed by atoms with van der Waals surface area (Å²) in [6.45, 7) is 2.17. The molecule has 0 aliphatic carbocycles. The van der Waals surface area contributed by atoms with Gasteiger partial charge >= 0.3 is 0 Å². The van der Waals surface area contributed by atoms with Crippen LogP contribution in [0.15, 0.2) is 36.4 Å². The largest absolute Gasteiger partial charge is 0.496 e. The summed E-state index contributed by atoms with van der Waals surface area (Å²) < 4.78 is 5.30. The molecule has 0 aliphatic heterocycles. The van der Waals surface area contributed by atoms with Gasteiger partial charge in [-0.25, -0.2) is 0 Å². The van der Waals surface area contributed by atoms with Crippen LogP contribution in [0.3, 0.4) is 0 Å². The highest BCUT2D eigenvalue weighted by Gasteiger charge is 2.00. The van der Waals surface area contributed by atoms with E-state index in [1.54, 1.807) is 7.11 Å². The second-order valence-corrected chi connectivity index (χ2v) is 3.37. The van der Waals surface area contributed by atoms with Crippen LogP contribution in [0.4, 0.5) is 0 Å². The van der Waals surface area contributed by atoms with Gasteiger partial charge in [-0.1, -0.05) is 37.3 Å². The third-order valence-electron chi connectivity index (χ3n) is 2.53. The number of benzene rings is 2. The molecule has 14 heavy (non-hydrogen) atoms. The number of methoxy groups -OCH3 is 1. The number of ether oxygens (including phenoxy) is 1. The Kier molecular flexibility index (Phi) is 2.40. The van der Waals surface area contributed by atoms with E-state index in [1.807, 2.05) is 12.1 Å². The molecule has 0 unspecified atom stereocenters. The molecule has 0 saturated carbocycles. The zero-order valence-corrected chi connectivity index (χ0v) is 8.58. The fourth-order valence-corrected chi connectivity index (χ4v) is 1.70. The van der Waals surface area contributed by atoms with Gasteiger partial charge in [-0.05, 0) is 23.4 Å². The summed E-state index contributed by atoms with van der Waals surface area (Å²) in [5.74, 6) is 0.949. The van der Waals surface area contributed by atoms with Crippen molar-refractivity contribution in [3.05, 3.63) is 42.0 Å². The molecule has 0 bridgehead atoms. The highest BCUT2D eigenvalue weighted by molar-refractivity contribution is 5.88. The fourth-order valence-electron chi connectivity index (χ4n) is 1.70. The van der Waals surface area contributed by atoms with Gasteiger partial charge in [0.25, 0.3) is 0 Å². The molecule has 0 N–H and O–H groups in total. The van der Waals surface area contributed by atoms with E-state index in [9.17, 15) is 0 Å². The van der Waals surface area contributed by atoms with Crippen LogP contribution < -0.4 is 4.74 Å². The molecular formula is C13H14O. The molecule has 1 heteroatoms. The lowest BCUT2D eigenvalue weighted by Gasteiger charge is -2.06. The lowest BCUT2D eigenvalue weighted by molar-refractivity contribution is 0.420. The number of hydrogen-bond acceptors (Lipinski definition) is 1. The molecule has 0 saturated heterocycles. The topological polar surface area (TPSA) is 9.23 Å². The summed E-state index contributed by atoms with van der Waals surface area (Å²) in [4.78, 5) is 0. The first kappa shape index (κ1) is 9.07. The Morgan fingerprint density at radius 3 is 2.71 bits per heavy atom. The molecule has 0 aromatic heterocycles. The van der Waals surface area contributed by atoms with Crippen molar-refractivity contribution in [1.29, 1.82) is 0 Å². The molecule has 1 nitrogen and oxygen atoms in total. The summed E-state index contributed by atoms with van der Waals surface area (Å²) in [7, 11) is 1.71. The first-order chi connectivity index (χ1) is 6.85. The molecule has 0 aliphatic rings. The van der Waals surface area contributed by atoms with Gasteiger partial charge < -0.3 is 4.74 Å². The standard InChI is InChI=1S/C13H14O/c1-3-10-7-8-12-11(9-10)5-4-6-13(12)14-2/h4-9H,3H2,1-2H3. The highest BCUT2D eigenvalue weighted by Crippen LogP contribution is 2.25. The maximum atomic E-state index is 5.30. The minimum atomic E-state index is 0.949. The van der Waals surface area contributed by atoms with Crippen molar-refractivity contribution in [2.45, 2.75) is 13.3 Å². The summed E-state index contributed by atoms with van der Waals surface area (Å²) in [6.07, 6.45) is 1.08. The minimum Gasteiger partial charge on any atom is -0.496 e. The van der Waals surface area contributed by atoms with E-state index in [4.69, 9.17) is 4.74 Å². The number of aryl methyl sites for hydroxylation is 1. The van der Waals surface area contributed by atoms with E-state index >= 15 is 0 Å². The molecule has 0 heterocycles. The zero-order chi connectivity index (χ0) is 9.97. The number of rotatable bonds is 2. The predicted molar refractivity (Wildman–Crippen MR) is 59.9 cm³/mol. The normalized spacial score (nSPS) is 10.4. The molecule has 0 atom stereocenters. The van der Waals surface area contributed by atoms with Gasteiger partial charge in [-0.2, -0.15) is 0 Å². The Morgan fingerprint density at radius 2 is 2.00 bits per heavy atom. The third-order valence-corrected chi connectivity index (χ3v) is 2.53. The van der Waals surface area contributed by atoms with Crippen LogP contribution in [0.25, 0.3) is 10.8 Å². The van der Waals surface area contributed by atoms with Gasteiger partial charge in [0, 0.05) is 5.39 Å². The third kappa shape index (κ3) is 1.46. The van der Waals surface area contributed by atoms with E-state index in [-0.39, 0.29) is 0 Å². The zero-order valence-electron chi connectivity index (χ0n) is 8.58. The molecule has 72 valence electrons. The Morgan fingerprint density at radius 1 is 1.14 bits per heavy atom. The van der Waals surface area contributed by atoms with Gasteiger partial charge in [0.15, 0.2) is 0 Å². The van der Waals surface area contributed by atoms with Crippen molar-refractivity contribution in [2.75, 3.05) is 7.11 Å². The number of fused-ring (bicyclic) bond motifs is 1. The second-order valence-electron chi connectivity index (χ2n) is 3.37. The first-order valence-electron chi connectivity index (χ1n) is 4.91. The van der Waals surface area contributed by atoms with E-state index in [0.717, 1.165) is 12.2 Å². The molecular weight excluding hydrogens is 172 g/mol. The Balaban J connectivity index is 2.67. The first-order valence-corrected chi connectivity index (χ1v) is 4.91. The van der Waals surface area contributed by atoms with Crippen molar-refractivity contribution in [2.24, 2.45) is 0 Å². The lowest BCUT2D eigenvalue weighted by Crippen LogP contribution is -1.86. The van der Waals surface area contributed by atoms with E-state index in [2.05, 4.69) is 31.2 Å². The maximum absolute atomic E-state index is 5.30. The molecule has 2 aromatic rings. The van der Waals surface area contributed by atoms with Crippen molar-refractivity contribution in [1.82, 2.24) is 0 Å². The van der Waals surface area contributed by atoms with Crippen molar-refractivity contribution in [3.63, 3.8) is 0 Å². The summed E-state index contributed by atoms with van der Waals surface area (Å²) in [6, 6.07) is 12.7. The van der Waals surface area contributed by atoms with Crippen LogP contribution in [0, 0.1) is 0 Å².